The van der Waals surface area contributed by atoms with Gasteiger partial charge in [-0.3, -0.25) is 0 Å². The SMILES string of the molecule is COc1cc2nc(C)nc(N[C@H](C)c3cc(F)cc(C(F)(F)F)c3)c2cc1OCCOC1(C)CCC1. The minimum absolute atomic E-state index is 0.0850. The number of hydrogen-bond donors (Lipinski definition) is 1. The highest BCUT2D eigenvalue weighted by molar-refractivity contribution is 5.92. The highest BCUT2D eigenvalue weighted by atomic mass is 19.4. The molecule has 2 aromatic carbocycles. The standard InChI is InChI=1S/C26H29F4N3O3/c1-15(17-10-18(26(28,29)30)12-19(27)11-17)31-24-20-13-23(35-8-9-36-25(3)6-5-7-25)22(34-4)14-21(20)32-16(2)33-24/h10-15H,5-9H2,1-4H3,(H,31,32,33)/t15-/m1/s1. The molecule has 0 unspecified atom stereocenters. The number of halogens is 4. The van der Waals surface area contributed by atoms with Crippen molar-refractivity contribution >= 4 is 16.7 Å². The molecule has 0 spiro atoms. The first-order chi connectivity index (χ1) is 17.0. The molecule has 0 saturated heterocycles. The van der Waals surface area contributed by atoms with Gasteiger partial charge in [-0.25, -0.2) is 14.4 Å². The van der Waals surface area contributed by atoms with E-state index in [1.807, 2.05) is 0 Å². The molecule has 0 amide bonds. The quantitative estimate of drug-likeness (QED) is 0.260. The molecule has 0 aliphatic heterocycles. The summed E-state index contributed by atoms with van der Waals surface area (Å²) in [4.78, 5) is 8.90. The molecule has 4 rings (SSSR count). The van der Waals surface area contributed by atoms with Crippen LogP contribution in [0.1, 0.15) is 56.1 Å². The molecule has 3 aromatic rings. The summed E-state index contributed by atoms with van der Waals surface area (Å²) in [5, 5.41) is 3.69. The zero-order chi connectivity index (χ0) is 26.1. The van der Waals surface area contributed by atoms with E-state index in [9.17, 15) is 17.6 Å². The summed E-state index contributed by atoms with van der Waals surface area (Å²) < 4.78 is 70.9. The summed E-state index contributed by atoms with van der Waals surface area (Å²) in [6.07, 6.45) is -1.42. The molecule has 1 heterocycles. The van der Waals surface area contributed by atoms with Gasteiger partial charge in [0.05, 0.1) is 36.4 Å². The van der Waals surface area contributed by atoms with Crippen LogP contribution >= 0.6 is 0 Å². The molecule has 0 radical (unpaired) electrons. The van der Waals surface area contributed by atoms with Gasteiger partial charge in [0.1, 0.15) is 24.1 Å². The van der Waals surface area contributed by atoms with Crippen molar-refractivity contribution in [1.82, 2.24) is 9.97 Å². The number of aromatic nitrogens is 2. The minimum Gasteiger partial charge on any atom is -0.493 e. The third-order valence-corrected chi connectivity index (χ3v) is 6.40. The fourth-order valence-electron chi connectivity index (χ4n) is 4.21. The third-order valence-electron chi connectivity index (χ3n) is 6.40. The molecule has 1 saturated carbocycles. The van der Waals surface area contributed by atoms with E-state index in [1.165, 1.54) is 7.11 Å². The first-order valence-corrected chi connectivity index (χ1v) is 11.7. The van der Waals surface area contributed by atoms with Crippen LogP contribution in [0.2, 0.25) is 0 Å². The van der Waals surface area contributed by atoms with Crippen molar-refractivity contribution in [1.29, 1.82) is 0 Å². The maximum atomic E-state index is 14.0. The monoisotopic (exact) mass is 507 g/mol. The fourth-order valence-corrected chi connectivity index (χ4v) is 4.21. The van der Waals surface area contributed by atoms with Gasteiger partial charge in [0.15, 0.2) is 11.5 Å². The number of benzene rings is 2. The number of anilines is 1. The van der Waals surface area contributed by atoms with E-state index in [0.29, 0.717) is 53.3 Å². The molecule has 1 fully saturated rings. The Labute approximate surface area is 207 Å². The summed E-state index contributed by atoms with van der Waals surface area (Å²) >= 11 is 0. The van der Waals surface area contributed by atoms with Crippen LogP contribution in [0, 0.1) is 12.7 Å². The lowest BCUT2D eigenvalue weighted by Gasteiger charge is -2.38. The highest BCUT2D eigenvalue weighted by Crippen LogP contribution is 2.37. The van der Waals surface area contributed by atoms with E-state index in [2.05, 4.69) is 22.2 Å². The zero-order valence-electron chi connectivity index (χ0n) is 20.6. The number of ether oxygens (including phenoxy) is 3. The van der Waals surface area contributed by atoms with Gasteiger partial charge in [-0.1, -0.05) is 0 Å². The van der Waals surface area contributed by atoms with Crippen molar-refractivity contribution in [3.8, 4) is 11.5 Å². The molecule has 1 aliphatic carbocycles. The Hall–Kier alpha value is -3.14. The Morgan fingerprint density at radius 2 is 1.81 bits per heavy atom. The van der Waals surface area contributed by atoms with Crippen LogP contribution in [-0.2, 0) is 10.9 Å². The molecular weight excluding hydrogens is 478 g/mol. The summed E-state index contributed by atoms with van der Waals surface area (Å²) in [6, 6.07) is 5.24. The van der Waals surface area contributed by atoms with Gasteiger partial charge < -0.3 is 19.5 Å². The molecule has 6 nitrogen and oxygen atoms in total. The summed E-state index contributed by atoms with van der Waals surface area (Å²) in [6.45, 7) is 6.16. The van der Waals surface area contributed by atoms with E-state index < -0.39 is 23.6 Å². The van der Waals surface area contributed by atoms with Gasteiger partial charge in [0.25, 0.3) is 0 Å². The lowest BCUT2D eigenvalue weighted by Crippen LogP contribution is -2.37. The van der Waals surface area contributed by atoms with E-state index in [1.54, 1.807) is 26.0 Å². The van der Waals surface area contributed by atoms with E-state index in [0.717, 1.165) is 31.4 Å². The lowest BCUT2D eigenvalue weighted by molar-refractivity contribution is -0.137. The smallest absolute Gasteiger partial charge is 0.416 e. The van der Waals surface area contributed by atoms with Crippen molar-refractivity contribution in [3.63, 3.8) is 0 Å². The third kappa shape index (κ3) is 5.80. The van der Waals surface area contributed by atoms with Crippen molar-refractivity contribution in [2.24, 2.45) is 0 Å². The van der Waals surface area contributed by atoms with Crippen LogP contribution in [0.15, 0.2) is 30.3 Å². The number of methoxy groups -OCH3 is 1. The minimum atomic E-state index is -4.66. The van der Waals surface area contributed by atoms with Gasteiger partial charge in [0.2, 0.25) is 0 Å². The first-order valence-electron chi connectivity index (χ1n) is 11.7. The molecule has 1 aliphatic rings. The maximum Gasteiger partial charge on any atom is 0.416 e. The second kappa shape index (κ2) is 10.1. The molecule has 1 atom stereocenters. The molecule has 194 valence electrons. The Morgan fingerprint density at radius 1 is 1.06 bits per heavy atom. The predicted molar refractivity (Wildman–Crippen MR) is 128 cm³/mol. The van der Waals surface area contributed by atoms with Crippen molar-refractivity contribution in [3.05, 3.63) is 53.1 Å². The average molecular weight is 508 g/mol. The number of rotatable bonds is 9. The lowest BCUT2D eigenvalue weighted by atomic mass is 9.82. The van der Waals surface area contributed by atoms with Crippen LogP contribution in [0.5, 0.6) is 11.5 Å². The average Bonchev–Trinajstić information content (AvgIpc) is 2.79. The molecular formula is C26H29F4N3O3. The van der Waals surface area contributed by atoms with Crippen LogP contribution in [0.25, 0.3) is 10.9 Å². The second-order valence-corrected chi connectivity index (χ2v) is 9.28. The van der Waals surface area contributed by atoms with Crippen molar-refractivity contribution in [2.75, 3.05) is 25.6 Å². The first kappa shape index (κ1) is 25.9. The Balaban J connectivity index is 1.60. The normalized spacial score (nSPS) is 15.9. The zero-order valence-corrected chi connectivity index (χ0v) is 20.6. The number of fused-ring (bicyclic) bond motifs is 1. The molecule has 36 heavy (non-hydrogen) atoms. The van der Waals surface area contributed by atoms with Gasteiger partial charge in [-0.2, -0.15) is 13.2 Å². The number of alkyl halides is 3. The Morgan fingerprint density at radius 3 is 2.44 bits per heavy atom. The predicted octanol–water partition coefficient (Wildman–Crippen LogP) is 6.62. The number of nitrogens with one attached hydrogen (secondary N) is 1. The van der Waals surface area contributed by atoms with Crippen LogP contribution in [0.3, 0.4) is 0 Å². The summed E-state index contributed by atoms with van der Waals surface area (Å²) in [7, 11) is 1.53. The number of aryl methyl sites for hydroxylation is 1. The number of nitrogens with zero attached hydrogens (tertiary/aromatic N) is 2. The summed E-state index contributed by atoms with van der Waals surface area (Å²) in [5.74, 6) is 0.810. The van der Waals surface area contributed by atoms with E-state index in [-0.39, 0.29) is 11.2 Å². The summed E-state index contributed by atoms with van der Waals surface area (Å²) in [5.41, 5.74) is -0.431. The highest BCUT2D eigenvalue weighted by Gasteiger charge is 2.33. The second-order valence-electron chi connectivity index (χ2n) is 9.28. The topological polar surface area (TPSA) is 65.5 Å². The van der Waals surface area contributed by atoms with Crippen molar-refractivity contribution in [2.45, 2.75) is 57.9 Å². The number of hydrogen-bond acceptors (Lipinski definition) is 6. The van der Waals surface area contributed by atoms with Gasteiger partial charge in [0, 0.05) is 11.5 Å². The van der Waals surface area contributed by atoms with E-state index in [4.69, 9.17) is 14.2 Å². The van der Waals surface area contributed by atoms with Gasteiger partial charge >= 0.3 is 6.18 Å². The Bertz CT molecular complexity index is 1250. The largest absolute Gasteiger partial charge is 0.493 e. The van der Waals surface area contributed by atoms with Gasteiger partial charge in [-0.05, 0) is 69.9 Å². The molecule has 0 bridgehead atoms. The van der Waals surface area contributed by atoms with Gasteiger partial charge in [-0.15, -0.1) is 0 Å². The Kier molecular flexibility index (Phi) is 7.26. The maximum absolute atomic E-state index is 14.0. The van der Waals surface area contributed by atoms with Crippen LogP contribution in [0.4, 0.5) is 23.4 Å². The fraction of sp³-hybridized carbons (Fsp3) is 0.462. The molecule has 10 heteroatoms. The van der Waals surface area contributed by atoms with Crippen LogP contribution in [-0.4, -0.2) is 35.9 Å². The van der Waals surface area contributed by atoms with Crippen LogP contribution < -0.4 is 14.8 Å². The molecule has 1 N–H and O–H groups in total. The molecule has 1 aromatic heterocycles. The van der Waals surface area contributed by atoms with E-state index >= 15 is 0 Å². The van der Waals surface area contributed by atoms with Crippen molar-refractivity contribution < 1.29 is 31.8 Å².